The number of ether oxygens (including phenoxy) is 2. The first-order valence-electron chi connectivity index (χ1n) is 8.53. The van der Waals surface area contributed by atoms with Gasteiger partial charge in [0.1, 0.15) is 11.3 Å². The Morgan fingerprint density at radius 3 is 2.48 bits per heavy atom. The van der Waals surface area contributed by atoms with Gasteiger partial charge >= 0.3 is 5.97 Å². The van der Waals surface area contributed by atoms with E-state index in [9.17, 15) is 9.59 Å². The van der Waals surface area contributed by atoms with E-state index in [1.807, 2.05) is 30.3 Å². The summed E-state index contributed by atoms with van der Waals surface area (Å²) in [5, 5.41) is 0.765. The highest BCUT2D eigenvalue weighted by Gasteiger charge is 2.26. The van der Waals surface area contributed by atoms with Crippen LogP contribution in [0.1, 0.15) is 23.0 Å². The number of hydrogen-bond acceptors (Lipinski definition) is 5. The topological polar surface area (TPSA) is 69.0 Å². The molecule has 1 amide bonds. The van der Waals surface area contributed by atoms with Gasteiger partial charge in [-0.1, -0.05) is 18.2 Å². The Morgan fingerprint density at radius 2 is 1.81 bits per heavy atom. The zero-order valence-corrected chi connectivity index (χ0v) is 15.7. The number of esters is 1. The van der Waals surface area contributed by atoms with Crippen molar-refractivity contribution < 1.29 is 23.5 Å². The molecule has 140 valence electrons. The average Bonchev–Trinajstić information content (AvgIpc) is 3.03. The van der Waals surface area contributed by atoms with Crippen molar-refractivity contribution in [1.82, 2.24) is 0 Å². The first-order chi connectivity index (χ1) is 12.9. The van der Waals surface area contributed by atoms with Gasteiger partial charge in [-0.3, -0.25) is 4.79 Å². The molecule has 1 atom stereocenters. The van der Waals surface area contributed by atoms with Crippen LogP contribution >= 0.6 is 0 Å². The predicted molar refractivity (Wildman–Crippen MR) is 102 cm³/mol. The molecule has 0 radical (unpaired) electrons. The monoisotopic (exact) mass is 367 g/mol. The molecule has 1 heterocycles. The number of furan rings is 1. The third-order valence-corrected chi connectivity index (χ3v) is 4.43. The van der Waals surface area contributed by atoms with Gasteiger partial charge in [0.05, 0.1) is 7.11 Å². The van der Waals surface area contributed by atoms with Crippen LogP contribution in [0.3, 0.4) is 0 Å². The highest BCUT2D eigenvalue weighted by atomic mass is 16.6. The number of amides is 1. The van der Waals surface area contributed by atoms with Gasteiger partial charge in [-0.25, -0.2) is 4.79 Å². The minimum atomic E-state index is -0.954. The molecule has 0 aliphatic heterocycles. The van der Waals surface area contributed by atoms with E-state index in [0.717, 1.165) is 11.1 Å². The zero-order valence-electron chi connectivity index (χ0n) is 15.7. The fourth-order valence-electron chi connectivity index (χ4n) is 2.84. The molecule has 3 aromatic rings. The number of rotatable bonds is 5. The Hall–Kier alpha value is -3.28. The second kappa shape index (κ2) is 7.53. The second-order valence-corrected chi connectivity index (χ2v) is 6.20. The van der Waals surface area contributed by atoms with E-state index in [1.54, 1.807) is 46.2 Å². The van der Waals surface area contributed by atoms with Crippen LogP contribution in [0.4, 0.5) is 5.69 Å². The lowest BCUT2D eigenvalue weighted by Crippen LogP contribution is -2.37. The number of fused-ring (bicyclic) bond motifs is 1. The fraction of sp³-hybridized carbons (Fsp3) is 0.238. The van der Waals surface area contributed by atoms with Crippen molar-refractivity contribution in [3.63, 3.8) is 0 Å². The Labute approximate surface area is 157 Å². The number of para-hydroxylation sites is 1. The normalized spacial score (nSPS) is 11.9. The quantitative estimate of drug-likeness (QED) is 0.639. The smallest absolute Gasteiger partial charge is 0.375 e. The van der Waals surface area contributed by atoms with Crippen LogP contribution in [0.25, 0.3) is 11.0 Å². The lowest BCUT2D eigenvalue weighted by Gasteiger charge is -2.21. The van der Waals surface area contributed by atoms with E-state index in [-0.39, 0.29) is 11.7 Å². The summed E-state index contributed by atoms with van der Waals surface area (Å²) in [6.45, 7) is 3.31. The molecular weight excluding hydrogens is 346 g/mol. The van der Waals surface area contributed by atoms with Gasteiger partial charge in [0.15, 0.2) is 6.10 Å². The van der Waals surface area contributed by atoms with Gasteiger partial charge in [0, 0.05) is 23.7 Å². The molecule has 1 aromatic heterocycles. The number of anilines is 1. The number of benzene rings is 2. The molecule has 0 N–H and O–H groups in total. The van der Waals surface area contributed by atoms with Crippen molar-refractivity contribution in [1.29, 1.82) is 0 Å². The number of likely N-dealkylation sites (N-methyl/N-ethyl adjacent to an activating group) is 1. The van der Waals surface area contributed by atoms with E-state index in [0.29, 0.717) is 16.9 Å². The predicted octanol–water partition coefficient (Wildman–Crippen LogP) is 3.96. The van der Waals surface area contributed by atoms with Crippen molar-refractivity contribution in [2.45, 2.75) is 20.0 Å². The number of aryl methyl sites for hydroxylation is 1. The lowest BCUT2D eigenvalue weighted by atomic mass is 10.1. The summed E-state index contributed by atoms with van der Waals surface area (Å²) in [6, 6.07) is 14.4. The van der Waals surface area contributed by atoms with Crippen LogP contribution in [-0.4, -0.2) is 32.1 Å². The highest BCUT2D eigenvalue weighted by molar-refractivity contribution is 6.00. The lowest BCUT2D eigenvalue weighted by molar-refractivity contribution is -0.126. The minimum Gasteiger partial charge on any atom is -0.497 e. The third kappa shape index (κ3) is 3.65. The van der Waals surface area contributed by atoms with Gasteiger partial charge in [0.25, 0.3) is 5.91 Å². The van der Waals surface area contributed by atoms with E-state index in [2.05, 4.69) is 0 Å². The maximum absolute atomic E-state index is 12.6. The fourth-order valence-corrected chi connectivity index (χ4v) is 2.84. The third-order valence-electron chi connectivity index (χ3n) is 4.43. The number of carbonyl (C=O) groups is 2. The van der Waals surface area contributed by atoms with Gasteiger partial charge in [0.2, 0.25) is 5.76 Å². The van der Waals surface area contributed by atoms with Gasteiger partial charge in [-0.05, 0) is 44.2 Å². The van der Waals surface area contributed by atoms with Crippen molar-refractivity contribution in [2.75, 3.05) is 19.1 Å². The van der Waals surface area contributed by atoms with E-state index in [4.69, 9.17) is 13.9 Å². The van der Waals surface area contributed by atoms with E-state index >= 15 is 0 Å². The molecule has 0 unspecified atom stereocenters. The van der Waals surface area contributed by atoms with Crippen molar-refractivity contribution in [3.05, 3.63) is 59.9 Å². The summed E-state index contributed by atoms with van der Waals surface area (Å²) < 4.78 is 16.2. The van der Waals surface area contributed by atoms with Gasteiger partial charge < -0.3 is 18.8 Å². The molecule has 0 aliphatic carbocycles. The molecule has 0 spiro atoms. The Balaban J connectivity index is 1.77. The van der Waals surface area contributed by atoms with Crippen LogP contribution < -0.4 is 9.64 Å². The van der Waals surface area contributed by atoms with Crippen molar-refractivity contribution in [2.24, 2.45) is 0 Å². The molecule has 0 saturated heterocycles. The largest absolute Gasteiger partial charge is 0.497 e. The average molecular weight is 367 g/mol. The van der Waals surface area contributed by atoms with Crippen LogP contribution in [-0.2, 0) is 9.53 Å². The van der Waals surface area contributed by atoms with Crippen molar-refractivity contribution in [3.8, 4) is 5.75 Å². The van der Waals surface area contributed by atoms with Crippen LogP contribution in [0.15, 0.2) is 52.9 Å². The summed E-state index contributed by atoms with van der Waals surface area (Å²) in [5.74, 6) is -0.255. The van der Waals surface area contributed by atoms with Crippen LogP contribution in [0.2, 0.25) is 0 Å². The number of hydrogen-bond donors (Lipinski definition) is 0. The van der Waals surface area contributed by atoms with Gasteiger partial charge in [-0.15, -0.1) is 0 Å². The Bertz CT molecular complexity index is 977. The first-order valence-corrected chi connectivity index (χ1v) is 8.53. The molecule has 0 bridgehead atoms. The van der Waals surface area contributed by atoms with Crippen LogP contribution in [0.5, 0.6) is 5.75 Å². The standard InChI is InChI=1S/C21H21NO5/c1-13-17-12-16(25-4)10-11-18(17)27-19(13)21(24)26-14(2)20(23)22(3)15-8-6-5-7-9-15/h5-12,14H,1-4H3/t14-/m0/s1. The highest BCUT2D eigenvalue weighted by Crippen LogP contribution is 2.29. The first kappa shape index (κ1) is 18.5. The molecule has 6 nitrogen and oxygen atoms in total. The Kier molecular flexibility index (Phi) is 5.16. The maximum atomic E-state index is 12.6. The van der Waals surface area contributed by atoms with Crippen molar-refractivity contribution >= 4 is 28.5 Å². The maximum Gasteiger partial charge on any atom is 0.375 e. The molecule has 2 aromatic carbocycles. The summed E-state index contributed by atoms with van der Waals surface area (Å²) in [5.41, 5.74) is 1.92. The molecule has 27 heavy (non-hydrogen) atoms. The summed E-state index contributed by atoms with van der Waals surface area (Å²) in [6.07, 6.45) is -0.954. The molecule has 0 saturated carbocycles. The molecule has 6 heteroatoms. The molecular formula is C21H21NO5. The summed E-state index contributed by atoms with van der Waals surface area (Å²) in [7, 11) is 3.21. The minimum absolute atomic E-state index is 0.0836. The number of nitrogens with zero attached hydrogens (tertiary/aromatic N) is 1. The SMILES string of the molecule is COc1ccc2oc(C(=O)O[C@@H](C)C(=O)N(C)c3ccccc3)c(C)c2c1. The molecule has 3 rings (SSSR count). The number of carbonyl (C=O) groups excluding carboxylic acids is 2. The zero-order chi connectivity index (χ0) is 19.6. The van der Waals surface area contributed by atoms with Gasteiger partial charge in [-0.2, -0.15) is 0 Å². The number of methoxy groups -OCH3 is 1. The molecule has 0 aliphatic rings. The van der Waals surface area contributed by atoms with E-state index < -0.39 is 12.1 Å². The van der Waals surface area contributed by atoms with Crippen LogP contribution in [0, 0.1) is 6.92 Å². The summed E-state index contributed by atoms with van der Waals surface area (Å²) >= 11 is 0. The summed E-state index contributed by atoms with van der Waals surface area (Å²) in [4.78, 5) is 26.6. The van der Waals surface area contributed by atoms with E-state index in [1.165, 1.54) is 4.90 Å². The Morgan fingerprint density at radius 1 is 1.11 bits per heavy atom. The second-order valence-electron chi connectivity index (χ2n) is 6.20. The molecule has 0 fully saturated rings.